The molecule has 0 aliphatic rings. The zero-order chi connectivity index (χ0) is 59.4. The molecule has 0 aliphatic carbocycles. The van der Waals surface area contributed by atoms with Gasteiger partial charge in [-0.05, 0) is 76.5 Å². The molecule has 0 fully saturated rings. The monoisotopic (exact) mass is 1130 g/mol. The number of benzene rings is 1. The van der Waals surface area contributed by atoms with E-state index >= 15 is 0 Å². The second kappa shape index (κ2) is 34.5. The molecule has 438 valence electrons. The van der Waals surface area contributed by atoms with Crippen LogP contribution in [0.2, 0.25) is 0 Å². The number of aliphatic hydroxyl groups excluding tert-OH is 1. The van der Waals surface area contributed by atoms with Crippen LogP contribution in [0.5, 0.6) is 0 Å². The number of carbonyl (C=O) groups excluding carboxylic acids is 9. The lowest BCUT2D eigenvalue weighted by Gasteiger charge is -2.27. The number of rotatable bonds is 37. The lowest BCUT2D eigenvalue weighted by atomic mass is 10.0. The molecule has 79 heavy (non-hydrogen) atoms. The third-order valence-electron chi connectivity index (χ3n) is 11.5. The van der Waals surface area contributed by atoms with E-state index in [1.165, 1.54) is 0 Å². The van der Waals surface area contributed by atoms with Crippen molar-refractivity contribution in [3.8, 4) is 0 Å². The summed E-state index contributed by atoms with van der Waals surface area (Å²) in [5.74, 6) is -13.3. The number of H-pyrrole nitrogens is 1. The Labute approximate surface area is 458 Å². The zero-order valence-corrected chi connectivity index (χ0v) is 44.3. The maximum Gasteiger partial charge on any atom is 0.326 e. The third kappa shape index (κ3) is 24.7. The number of aromatic amines is 1. The molecule has 0 saturated carbocycles. The number of aliphatic hydroxyl groups is 1. The topological polar surface area (TPSA) is 567 Å². The highest BCUT2D eigenvalue weighted by atomic mass is 32.1. The number of amides is 9. The Kier molecular flexibility index (Phi) is 29.1. The number of hydrogen-bond acceptors (Lipinski definition) is 17. The summed E-state index contributed by atoms with van der Waals surface area (Å²) in [4.78, 5) is 154. The normalized spacial score (nSPS) is 14.3. The summed E-state index contributed by atoms with van der Waals surface area (Å²) in [7, 11) is 0. The predicted molar refractivity (Wildman–Crippen MR) is 288 cm³/mol. The van der Waals surface area contributed by atoms with Gasteiger partial charge >= 0.3 is 11.9 Å². The van der Waals surface area contributed by atoms with Crippen molar-refractivity contribution in [2.75, 3.05) is 31.9 Å². The average molecular weight is 1140 g/mol. The number of aliphatic imine (C=N–C) groups is 2. The number of aromatic nitrogens is 1. The molecule has 0 aliphatic heterocycles. The van der Waals surface area contributed by atoms with Gasteiger partial charge in [0.05, 0.1) is 31.5 Å². The molecule has 33 heteroatoms. The van der Waals surface area contributed by atoms with Crippen molar-refractivity contribution in [3.05, 3.63) is 36.0 Å². The zero-order valence-electron chi connectivity index (χ0n) is 43.4. The first-order valence-electron chi connectivity index (χ1n) is 24.8. The number of hydrogen-bond donors (Lipinski definition) is 20. The highest BCUT2D eigenvalue weighted by molar-refractivity contribution is 7.80. The SMILES string of the molecule is C[C@@H](O)[C@H](NC(=O)CNC(=O)[C@H](CCCCN)NC(=O)[C@H](CS)NC(=O)[C@H](CCCN=C(N)N)NC(=O)[C@H](CC(N)=O)NC(=O)[C@H](CCCN=C(N)N)NC(=O)[C@@H](N)Cc1c[nH]c2ccccc12)C(=O)N[C@@H](CC(=O)O)C(=O)O. The molecule has 26 N–H and O–H groups in total. The molecule has 9 atom stereocenters. The summed E-state index contributed by atoms with van der Waals surface area (Å²) < 4.78 is 0. The first-order chi connectivity index (χ1) is 37.3. The summed E-state index contributed by atoms with van der Waals surface area (Å²) >= 11 is 4.21. The summed E-state index contributed by atoms with van der Waals surface area (Å²) in [6.45, 7) is 0.403. The molecule has 0 radical (unpaired) electrons. The van der Waals surface area contributed by atoms with Crippen molar-refractivity contribution in [2.45, 2.75) is 126 Å². The van der Waals surface area contributed by atoms with Gasteiger partial charge in [-0.25, -0.2) is 4.79 Å². The van der Waals surface area contributed by atoms with Crippen LogP contribution >= 0.6 is 12.6 Å². The van der Waals surface area contributed by atoms with Gasteiger partial charge in [-0.1, -0.05) is 18.2 Å². The Hall–Kier alpha value is -8.30. The Balaban J connectivity index is 2.31. The van der Waals surface area contributed by atoms with Crippen LogP contribution in [0.3, 0.4) is 0 Å². The van der Waals surface area contributed by atoms with Crippen LogP contribution in [-0.4, -0.2) is 184 Å². The number of unbranched alkanes of at least 4 members (excludes halogenated alkanes) is 1. The lowest BCUT2D eigenvalue weighted by Crippen LogP contribution is -2.60. The molecule has 2 rings (SSSR count). The molecule has 1 heterocycles. The van der Waals surface area contributed by atoms with E-state index in [1.54, 1.807) is 6.20 Å². The largest absolute Gasteiger partial charge is 0.481 e. The Bertz CT molecular complexity index is 2500. The molecule has 9 amide bonds. The van der Waals surface area contributed by atoms with Gasteiger partial charge in [0.2, 0.25) is 53.2 Å². The third-order valence-corrected chi connectivity index (χ3v) is 11.9. The highest BCUT2D eigenvalue weighted by Crippen LogP contribution is 2.19. The van der Waals surface area contributed by atoms with Crippen molar-refractivity contribution in [3.63, 3.8) is 0 Å². The first kappa shape index (κ1) is 66.8. The minimum absolute atomic E-state index is 0.0344. The summed E-state index contributed by atoms with van der Waals surface area (Å²) in [5.41, 5.74) is 40.8. The van der Waals surface area contributed by atoms with E-state index in [2.05, 4.69) is 64.8 Å². The fourth-order valence-electron chi connectivity index (χ4n) is 7.47. The lowest BCUT2D eigenvalue weighted by molar-refractivity contribution is -0.147. The summed E-state index contributed by atoms with van der Waals surface area (Å²) in [5, 5.41) is 48.0. The number of aliphatic carboxylic acids is 2. The first-order valence-corrected chi connectivity index (χ1v) is 25.4. The number of carbonyl (C=O) groups is 11. The van der Waals surface area contributed by atoms with Crippen LogP contribution in [0, 0.1) is 0 Å². The quantitative estimate of drug-likeness (QED) is 0.0129. The molecular weight excluding hydrogens is 1060 g/mol. The molecule has 0 spiro atoms. The number of nitrogens with one attached hydrogen (secondary N) is 9. The molecule has 1 aromatic carbocycles. The second-order valence-corrected chi connectivity index (χ2v) is 18.4. The van der Waals surface area contributed by atoms with Crippen LogP contribution in [0.15, 0.2) is 40.4 Å². The number of nitrogens with zero attached hydrogens (tertiary/aromatic N) is 2. The van der Waals surface area contributed by atoms with Crippen molar-refractivity contribution < 1.29 is 68.1 Å². The standard InChI is InChI=1S/C46H74N18O14S/c1-22(65)36(43(76)62-31(44(77)78)18-35(68)69)64-34(67)20-57-38(71)27(10-4-5-13-47)59-42(75)32(21-79)63-40(73)29(12-7-15-55-46(52)53)60-41(74)30(17-33(49)66)61-39(72)28(11-6-14-54-45(50)51)58-37(70)25(48)16-23-19-56-26-9-3-2-8-24(23)26/h2-3,8-9,19,22,25,27-32,36,56,65,79H,4-7,10-18,20-21,47-48H2,1H3,(H2,49,66)(H,57,71)(H,58,70)(H,59,75)(H,60,74)(H,61,72)(H,62,76)(H,63,73)(H,64,67)(H,68,69)(H,77,78)(H4,50,51,54)(H4,52,53,55)/t22-,25+,27+,28+,29+,30+,31+,32+,36+/m1/s1. The number of fused-ring (bicyclic) bond motifs is 1. The van der Waals surface area contributed by atoms with Gasteiger partial charge in [-0.2, -0.15) is 12.6 Å². The number of thiol groups is 1. The van der Waals surface area contributed by atoms with Gasteiger partial charge < -0.3 is 103 Å². The summed E-state index contributed by atoms with van der Waals surface area (Å²) in [6.07, 6.45) is -1.23. The van der Waals surface area contributed by atoms with Gasteiger partial charge in [0.25, 0.3) is 0 Å². The van der Waals surface area contributed by atoms with Crippen molar-refractivity contribution in [2.24, 2.45) is 50.1 Å². The average Bonchev–Trinajstić information content (AvgIpc) is 3.81. The second-order valence-electron chi connectivity index (χ2n) is 18.0. The number of carboxylic acid groups (broad SMARTS) is 2. The van der Waals surface area contributed by atoms with E-state index in [0.717, 1.165) is 23.4 Å². The van der Waals surface area contributed by atoms with Crippen LogP contribution < -0.4 is 82.7 Å². The number of nitrogens with two attached hydrogens (primary N) is 7. The van der Waals surface area contributed by atoms with Gasteiger partial charge in [-0.15, -0.1) is 0 Å². The Morgan fingerprint density at radius 2 is 1.11 bits per heavy atom. The van der Waals surface area contributed by atoms with Crippen LogP contribution in [-0.2, 0) is 59.2 Å². The smallest absolute Gasteiger partial charge is 0.326 e. The van der Waals surface area contributed by atoms with Gasteiger partial charge in [0, 0.05) is 35.9 Å². The summed E-state index contributed by atoms with van der Waals surface area (Å²) in [6, 6.07) is -5.12. The van der Waals surface area contributed by atoms with Crippen molar-refractivity contribution in [1.82, 2.24) is 47.5 Å². The molecular formula is C46H74N18O14S. The Morgan fingerprint density at radius 3 is 1.63 bits per heavy atom. The molecule has 0 bridgehead atoms. The molecule has 0 saturated heterocycles. The maximum atomic E-state index is 14.0. The van der Waals surface area contributed by atoms with Crippen LogP contribution in [0.1, 0.15) is 70.3 Å². The van der Waals surface area contributed by atoms with E-state index < -0.39 is 145 Å². The van der Waals surface area contributed by atoms with E-state index in [9.17, 15) is 63.0 Å². The molecule has 32 nitrogen and oxygen atoms in total. The fraction of sp³-hybridized carbons (Fsp3) is 0.543. The van der Waals surface area contributed by atoms with Crippen LogP contribution in [0.4, 0.5) is 0 Å². The van der Waals surface area contributed by atoms with E-state index in [4.69, 9.17) is 45.2 Å². The van der Waals surface area contributed by atoms with Crippen molar-refractivity contribution >= 4 is 101 Å². The van der Waals surface area contributed by atoms with Crippen LogP contribution in [0.25, 0.3) is 10.9 Å². The van der Waals surface area contributed by atoms with Gasteiger partial charge in [0.1, 0.15) is 42.3 Å². The molecule has 2 aromatic rings. The number of guanidine groups is 2. The Morgan fingerprint density at radius 1 is 0.620 bits per heavy atom. The predicted octanol–water partition coefficient (Wildman–Crippen LogP) is -7.47. The number of carboxylic acids is 2. The van der Waals surface area contributed by atoms with Gasteiger partial charge in [0.15, 0.2) is 11.9 Å². The van der Waals surface area contributed by atoms with Crippen molar-refractivity contribution in [1.29, 1.82) is 0 Å². The van der Waals surface area contributed by atoms with Gasteiger partial charge in [-0.3, -0.25) is 57.9 Å². The minimum Gasteiger partial charge on any atom is -0.481 e. The van der Waals surface area contributed by atoms with E-state index in [1.807, 2.05) is 29.6 Å². The minimum atomic E-state index is -1.91. The van der Waals surface area contributed by atoms with E-state index in [0.29, 0.717) is 6.42 Å². The van der Waals surface area contributed by atoms with E-state index in [-0.39, 0.29) is 76.5 Å². The number of primary amides is 1. The molecule has 0 unspecified atom stereocenters. The maximum absolute atomic E-state index is 14.0. The number of para-hydroxylation sites is 1. The molecule has 1 aromatic heterocycles. The fourth-order valence-corrected chi connectivity index (χ4v) is 7.72. The highest BCUT2D eigenvalue weighted by Gasteiger charge is 2.35.